The third kappa shape index (κ3) is 4.68. The molecule has 3 fully saturated rings. The van der Waals surface area contributed by atoms with Crippen LogP contribution in [0.5, 0.6) is 0 Å². The second-order valence-corrected chi connectivity index (χ2v) is 8.29. The van der Waals surface area contributed by atoms with E-state index >= 15 is 0 Å². The van der Waals surface area contributed by atoms with Crippen molar-refractivity contribution < 1.29 is 19.1 Å². The Balaban J connectivity index is 0.000000209. The smallest absolute Gasteiger partial charge is 0.411 e. The van der Waals surface area contributed by atoms with Crippen LogP contribution in [0.1, 0.15) is 66.2 Å². The van der Waals surface area contributed by atoms with Gasteiger partial charge < -0.3 is 15.0 Å². The summed E-state index contributed by atoms with van der Waals surface area (Å²) in [7, 11) is 0. The summed E-state index contributed by atoms with van der Waals surface area (Å²) in [4.78, 5) is 38.2. The molecule has 7 heteroatoms. The molecule has 1 spiro atoms. The van der Waals surface area contributed by atoms with Gasteiger partial charge in [0.15, 0.2) is 0 Å². The van der Waals surface area contributed by atoms with Crippen LogP contribution in [0.3, 0.4) is 0 Å². The van der Waals surface area contributed by atoms with Gasteiger partial charge in [0.2, 0.25) is 11.8 Å². The first-order valence-electron chi connectivity index (χ1n) is 9.76. The molecule has 3 aliphatic heterocycles. The van der Waals surface area contributed by atoms with E-state index in [1.165, 1.54) is 12.8 Å². The van der Waals surface area contributed by atoms with E-state index in [-0.39, 0.29) is 12.0 Å². The summed E-state index contributed by atoms with van der Waals surface area (Å²) in [6.45, 7) is 10.7. The summed E-state index contributed by atoms with van der Waals surface area (Å²) in [6.07, 6.45) is 5.37. The molecule has 3 heterocycles. The molecule has 0 aliphatic carbocycles. The minimum absolute atomic E-state index is 0.0455. The average molecular weight is 367 g/mol. The van der Waals surface area contributed by atoms with Crippen molar-refractivity contribution in [2.24, 2.45) is 0 Å². The maximum absolute atomic E-state index is 11.9. The lowest BCUT2D eigenvalue weighted by atomic mass is 9.88. The molecule has 0 bridgehead atoms. The molecule has 1 atom stereocenters. The van der Waals surface area contributed by atoms with Crippen molar-refractivity contribution >= 4 is 17.9 Å². The highest BCUT2D eigenvalue weighted by atomic mass is 16.6. The minimum Gasteiger partial charge on any atom is -0.444 e. The Labute approximate surface area is 156 Å². The lowest BCUT2D eigenvalue weighted by Crippen LogP contribution is -2.71. The fourth-order valence-electron chi connectivity index (χ4n) is 3.58. The van der Waals surface area contributed by atoms with Gasteiger partial charge in [0.05, 0.1) is 6.54 Å². The molecule has 1 N–H and O–H groups in total. The zero-order chi connectivity index (χ0) is 19.4. The quantitative estimate of drug-likeness (QED) is 0.760. The van der Waals surface area contributed by atoms with Gasteiger partial charge in [-0.2, -0.15) is 0 Å². The van der Waals surface area contributed by atoms with Gasteiger partial charge in [-0.15, -0.1) is 0 Å². The van der Waals surface area contributed by atoms with E-state index in [1.807, 2.05) is 32.6 Å². The minimum atomic E-state index is -0.609. The monoisotopic (exact) mass is 367 g/mol. The zero-order valence-corrected chi connectivity index (χ0v) is 16.6. The van der Waals surface area contributed by atoms with Crippen molar-refractivity contribution in [2.45, 2.75) is 77.4 Å². The topological polar surface area (TPSA) is 79.0 Å². The highest BCUT2D eigenvalue weighted by Gasteiger charge is 2.56. The third-order valence-electron chi connectivity index (χ3n) is 4.99. The molecule has 3 amide bonds. The largest absolute Gasteiger partial charge is 0.444 e. The number of ether oxygens (including phenoxy) is 1. The number of carbonyl (C=O) groups is 3. The standard InChI is InChI=1S/C11H18N2O3.C8H15NO/c1-10(2,3)16-9(15)13-6-4-5-11(13)7-12-8(11)14;1-2-5-8(10)9-6-3-4-7-9/h4-7H2,1-3H3,(H,12,14);2-7H2,1H3. The molecule has 0 aromatic rings. The molecule has 3 rings (SSSR count). The first-order valence-corrected chi connectivity index (χ1v) is 9.76. The number of rotatable bonds is 2. The van der Waals surface area contributed by atoms with Crippen LogP contribution in [0.15, 0.2) is 0 Å². The van der Waals surface area contributed by atoms with E-state index in [9.17, 15) is 14.4 Å². The van der Waals surface area contributed by atoms with Crippen LogP contribution in [0.25, 0.3) is 0 Å². The molecule has 0 saturated carbocycles. The van der Waals surface area contributed by atoms with E-state index in [0.717, 1.165) is 38.8 Å². The maximum atomic E-state index is 11.9. The SMILES string of the molecule is CC(C)(C)OC(=O)N1CCCC12CNC2=O.CCCC(=O)N1CCCC1. The van der Waals surface area contributed by atoms with Gasteiger partial charge in [0.1, 0.15) is 11.1 Å². The Hall–Kier alpha value is -1.79. The van der Waals surface area contributed by atoms with Gasteiger partial charge in [-0.3, -0.25) is 14.5 Å². The van der Waals surface area contributed by atoms with Gasteiger partial charge in [-0.1, -0.05) is 6.92 Å². The fraction of sp³-hybridized carbons (Fsp3) is 0.842. The van der Waals surface area contributed by atoms with Crippen LogP contribution in [0.4, 0.5) is 4.79 Å². The summed E-state index contributed by atoms with van der Waals surface area (Å²) in [5.41, 5.74) is -1.12. The Kier molecular flexibility index (Phi) is 6.53. The zero-order valence-electron chi connectivity index (χ0n) is 16.6. The van der Waals surface area contributed by atoms with Crippen LogP contribution >= 0.6 is 0 Å². The fourth-order valence-corrected chi connectivity index (χ4v) is 3.58. The molecule has 148 valence electrons. The number of hydrogen-bond acceptors (Lipinski definition) is 4. The highest BCUT2D eigenvalue weighted by Crippen LogP contribution is 2.34. The molecule has 3 saturated heterocycles. The number of β-lactam (4-membered cyclic amide) rings is 1. The maximum Gasteiger partial charge on any atom is 0.411 e. The van der Waals surface area contributed by atoms with Crippen molar-refractivity contribution in [1.82, 2.24) is 15.1 Å². The van der Waals surface area contributed by atoms with Gasteiger partial charge in [-0.05, 0) is 52.9 Å². The molecule has 0 aromatic heterocycles. The molecule has 3 aliphatic rings. The summed E-state index contributed by atoms with van der Waals surface area (Å²) in [5.74, 6) is 0.302. The van der Waals surface area contributed by atoms with E-state index in [0.29, 0.717) is 19.0 Å². The predicted octanol–water partition coefficient (Wildman–Crippen LogP) is 2.29. The second-order valence-electron chi connectivity index (χ2n) is 8.29. The van der Waals surface area contributed by atoms with Gasteiger partial charge in [-0.25, -0.2) is 4.79 Å². The number of likely N-dealkylation sites (tertiary alicyclic amines) is 2. The van der Waals surface area contributed by atoms with Gasteiger partial charge in [0.25, 0.3) is 0 Å². The molecule has 26 heavy (non-hydrogen) atoms. The summed E-state index contributed by atoms with van der Waals surface area (Å²) < 4.78 is 5.31. The van der Waals surface area contributed by atoms with E-state index in [4.69, 9.17) is 4.74 Å². The van der Waals surface area contributed by atoms with E-state index < -0.39 is 11.1 Å². The molecular formula is C19H33N3O4. The van der Waals surface area contributed by atoms with E-state index in [2.05, 4.69) is 5.32 Å². The summed E-state index contributed by atoms with van der Waals surface area (Å²) in [5, 5.41) is 2.70. The first kappa shape index (κ1) is 20.5. The lowest BCUT2D eigenvalue weighted by molar-refractivity contribution is -0.140. The first-order chi connectivity index (χ1) is 12.2. The second kappa shape index (κ2) is 8.27. The summed E-state index contributed by atoms with van der Waals surface area (Å²) >= 11 is 0. The third-order valence-corrected chi connectivity index (χ3v) is 4.99. The van der Waals surface area contributed by atoms with Crippen LogP contribution in [0.2, 0.25) is 0 Å². The molecule has 1 unspecified atom stereocenters. The number of nitrogens with zero attached hydrogens (tertiary/aromatic N) is 2. The Morgan fingerprint density at radius 3 is 2.27 bits per heavy atom. The number of carbonyl (C=O) groups excluding carboxylic acids is 3. The van der Waals surface area contributed by atoms with Crippen molar-refractivity contribution in [3.05, 3.63) is 0 Å². The molecule has 0 aromatic carbocycles. The van der Waals surface area contributed by atoms with Crippen LogP contribution < -0.4 is 5.32 Å². The molecule has 7 nitrogen and oxygen atoms in total. The Morgan fingerprint density at radius 2 is 1.81 bits per heavy atom. The highest BCUT2D eigenvalue weighted by molar-refractivity contribution is 5.96. The van der Waals surface area contributed by atoms with Gasteiger partial charge >= 0.3 is 6.09 Å². The predicted molar refractivity (Wildman–Crippen MR) is 98.6 cm³/mol. The number of nitrogens with one attached hydrogen (secondary N) is 1. The normalized spacial score (nSPS) is 24.7. The van der Waals surface area contributed by atoms with Crippen molar-refractivity contribution in [1.29, 1.82) is 0 Å². The number of hydrogen-bond donors (Lipinski definition) is 1. The van der Waals surface area contributed by atoms with Crippen LogP contribution in [0, 0.1) is 0 Å². The van der Waals surface area contributed by atoms with Crippen molar-refractivity contribution in [3.63, 3.8) is 0 Å². The average Bonchev–Trinajstić information content (AvgIpc) is 3.23. The lowest BCUT2D eigenvalue weighted by Gasteiger charge is -2.44. The van der Waals surface area contributed by atoms with Crippen molar-refractivity contribution in [3.8, 4) is 0 Å². The summed E-state index contributed by atoms with van der Waals surface area (Å²) in [6, 6.07) is 0. The Bertz CT molecular complexity index is 537. The van der Waals surface area contributed by atoms with Crippen LogP contribution in [-0.2, 0) is 14.3 Å². The number of amides is 3. The van der Waals surface area contributed by atoms with Crippen molar-refractivity contribution in [2.75, 3.05) is 26.2 Å². The van der Waals surface area contributed by atoms with E-state index in [1.54, 1.807) is 4.90 Å². The molecular weight excluding hydrogens is 334 g/mol. The molecule has 0 radical (unpaired) electrons. The van der Waals surface area contributed by atoms with Gasteiger partial charge in [0, 0.05) is 26.1 Å². The van der Waals surface area contributed by atoms with Crippen LogP contribution in [-0.4, -0.2) is 65.0 Å². The Morgan fingerprint density at radius 1 is 1.15 bits per heavy atom.